The van der Waals surface area contributed by atoms with E-state index in [0.29, 0.717) is 22.7 Å². The first-order valence-corrected chi connectivity index (χ1v) is 12.0. The van der Waals surface area contributed by atoms with Gasteiger partial charge in [0.15, 0.2) is 0 Å². The van der Waals surface area contributed by atoms with Gasteiger partial charge in [0.25, 0.3) is 10.0 Å². The third kappa shape index (κ3) is 5.87. The number of rotatable bonds is 8. The number of nitrogens with zero attached hydrogens (tertiary/aromatic N) is 2. The number of sulfonamides is 1. The minimum absolute atomic E-state index is 0.0990. The topological polar surface area (TPSA) is 90.3 Å². The average Bonchev–Trinajstić information content (AvgIpc) is 2.79. The molecule has 8 heteroatoms. The minimum atomic E-state index is -3.76. The Morgan fingerprint density at radius 2 is 1.74 bits per heavy atom. The SMILES string of the molecule is CN(c1ccccc1)S(=O)(=O)c1cccc(NC(=O)CSCc2ccc(C#N)cc2)c1. The number of anilines is 2. The molecule has 0 radical (unpaired) electrons. The predicted octanol–water partition coefficient (Wildman–Crippen LogP) is 4.26. The van der Waals surface area contributed by atoms with E-state index in [0.717, 1.165) is 5.56 Å². The maximum atomic E-state index is 12.9. The summed E-state index contributed by atoms with van der Waals surface area (Å²) >= 11 is 1.44. The fourth-order valence-corrected chi connectivity index (χ4v) is 4.83. The summed E-state index contributed by atoms with van der Waals surface area (Å²) in [6.07, 6.45) is 0. The molecule has 0 heterocycles. The van der Waals surface area contributed by atoms with Gasteiger partial charge in [0.05, 0.1) is 28.0 Å². The normalized spacial score (nSPS) is 10.8. The van der Waals surface area contributed by atoms with E-state index in [9.17, 15) is 13.2 Å². The molecule has 31 heavy (non-hydrogen) atoms. The summed E-state index contributed by atoms with van der Waals surface area (Å²) in [7, 11) is -2.26. The highest BCUT2D eigenvalue weighted by Gasteiger charge is 2.21. The minimum Gasteiger partial charge on any atom is -0.325 e. The van der Waals surface area contributed by atoms with E-state index in [1.807, 2.05) is 18.2 Å². The molecule has 1 N–H and O–H groups in total. The van der Waals surface area contributed by atoms with Crippen molar-refractivity contribution in [1.29, 1.82) is 5.26 Å². The molecule has 0 aliphatic rings. The lowest BCUT2D eigenvalue weighted by atomic mass is 10.2. The van der Waals surface area contributed by atoms with Crippen molar-refractivity contribution in [2.75, 3.05) is 22.4 Å². The van der Waals surface area contributed by atoms with E-state index < -0.39 is 10.0 Å². The molecular formula is C23H21N3O3S2. The maximum Gasteiger partial charge on any atom is 0.264 e. The molecule has 3 rings (SSSR count). The van der Waals surface area contributed by atoms with Gasteiger partial charge in [-0.05, 0) is 48.0 Å². The maximum absolute atomic E-state index is 12.9. The number of hydrogen-bond donors (Lipinski definition) is 1. The Balaban J connectivity index is 1.60. The molecule has 0 spiro atoms. The van der Waals surface area contributed by atoms with E-state index in [2.05, 4.69) is 11.4 Å². The molecule has 158 valence electrons. The zero-order chi connectivity index (χ0) is 22.3. The summed E-state index contributed by atoms with van der Waals surface area (Å²) in [6.45, 7) is 0. The summed E-state index contributed by atoms with van der Waals surface area (Å²) in [4.78, 5) is 12.4. The molecule has 0 unspecified atom stereocenters. The second kappa shape index (κ2) is 10.2. The molecule has 0 aromatic heterocycles. The van der Waals surface area contributed by atoms with Crippen molar-refractivity contribution in [3.8, 4) is 6.07 Å². The van der Waals surface area contributed by atoms with Crippen LogP contribution in [0.15, 0.2) is 83.8 Å². The van der Waals surface area contributed by atoms with Crippen molar-refractivity contribution in [1.82, 2.24) is 0 Å². The number of nitriles is 1. The number of benzene rings is 3. The lowest BCUT2D eigenvalue weighted by Crippen LogP contribution is -2.26. The van der Waals surface area contributed by atoms with Crippen LogP contribution in [-0.4, -0.2) is 27.1 Å². The van der Waals surface area contributed by atoms with Crippen LogP contribution in [0.3, 0.4) is 0 Å². The van der Waals surface area contributed by atoms with Gasteiger partial charge < -0.3 is 5.32 Å². The summed E-state index contributed by atoms with van der Waals surface area (Å²) in [5, 5.41) is 11.6. The first-order chi connectivity index (χ1) is 14.9. The van der Waals surface area contributed by atoms with Crippen molar-refractivity contribution in [2.24, 2.45) is 0 Å². The van der Waals surface area contributed by atoms with Crippen molar-refractivity contribution < 1.29 is 13.2 Å². The molecule has 0 saturated heterocycles. The van der Waals surface area contributed by atoms with Crippen LogP contribution in [0, 0.1) is 11.3 Å². The number of thioether (sulfide) groups is 1. The van der Waals surface area contributed by atoms with Crippen LogP contribution in [0.1, 0.15) is 11.1 Å². The number of nitrogens with one attached hydrogen (secondary N) is 1. The van der Waals surface area contributed by atoms with Crippen LogP contribution < -0.4 is 9.62 Å². The Morgan fingerprint density at radius 1 is 1.03 bits per heavy atom. The Hall–Kier alpha value is -3.28. The fourth-order valence-electron chi connectivity index (χ4n) is 2.80. The highest BCUT2D eigenvalue weighted by molar-refractivity contribution is 7.99. The zero-order valence-corrected chi connectivity index (χ0v) is 18.5. The van der Waals surface area contributed by atoms with Crippen molar-refractivity contribution >= 4 is 39.1 Å². The van der Waals surface area contributed by atoms with Gasteiger partial charge >= 0.3 is 0 Å². The van der Waals surface area contributed by atoms with E-state index in [4.69, 9.17) is 5.26 Å². The van der Waals surface area contributed by atoms with E-state index in [1.54, 1.807) is 48.5 Å². The average molecular weight is 452 g/mol. The summed E-state index contributed by atoms with van der Waals surface area (Å²) in [6, 6.07) is 24.3. The van der Waals surface area contributed by atoms with Crippen LogP contribution >= 0.6 is 11.8 Å². The monoisotopic (exact) mass is 451 g/mol. The summed E-state index contributed by atoms with van der Waals surface area (Å²) in [5.74, 6) is 0.639. The Kier molecular flexibility index (Phi) is 7.34. The highest BCUT2D eigenvalue weighted by Crippen LogP contribution is 2.24. The predicted molar refractivity (Wildman–Crippen MR) is 124 cm³/mol. The molecule has 0 saturated carbocycles. The number of para-hydroxylation sites is 1. The quantitative estimate of drug-likeness (QED) is 0.553. The Morgan fingerprint density at radius 3 is 2.42 bits per heavy atom. The van der Waals surface area contributed by atoms with Gasteiger partial charge in [-0.3, -0.25) is 9.10 Å². The standard InChI is InChI=1S/C23H21N3O3S2/c1-26(21-7-3-2-4-8-21)31(28,29)22-9-5-6-20(14-22)25-23(27)17-30-16-19-12-10-18(15-24)11-13-19/h2-14H,16-17H2,1H3,(H,25,27). The lowest BCUT2D eigenvalue weighted by molar-refractivity contribution is -0.113. The van der Waals surface area contributed by atoms with Gasteiger partial charge in [-0.1, -0.05) is 36.4 Å². The molecular weight excluding hydrogens is 430 g/mol. The third-order valence-corrected chi connectivity index (χ3v) is 7.27. The smallest absolute Gasteiger partial charge is 0.264 e. The second-order valence-corrected chi connectivity index (χ2v) is 9.64. The zero-order valence-electron chi connectivity index (χ0n) is 16.9. The molecule has 0 bridgehead atoms. The number of carbonyl (C=O) groups is 1. The van der Waals surface area contributed by atoms with Gasteiger partial charge in [-0.15, -0.1) is 11.8 Å². The largest absolute Gasteiger partial charge is 0.325 e. The molecule has 1 amide bonds. The van der Waals surface area contributed by atoms with Gasteiger partial charge in [0.2, 0.25) is 5.91 Å². The Labute approximate surface area is 186 Å². The molecule has 0 aliphatic heterocycles. The van der Waals surface area contributed by atoms with E-state index >= 15 is 0 Å². The molecule has 6 nitrogen and oxygen atoms in total. The van der Waals surface area contributed by atoms with Gasteiger partial charge in [-0.2, -0.15) is 5.26 Å². The van der Waals surface area contributed by atoms with Crippen molar-refractivity contribution in [3.63, 3.8) is 0 Å². The molecule has 3 aromatic carbocycles. The van der Waals surface area contributed by atoms with Gasteiger partial charge in [0, 0.05) is 18.5 Å². The summed E-state index contributed by atoms with van der Waals surface area (Å²) < 4.78 is 27.1. The first kappa shape index (κ1) is 22.4. The number of amides is 1. The molecule has 3 aromatic rings. The molecule has 0 fully saturated rings. The third-order valence-electron chi connectivity index (χ3n) is 4.48. The van der Waals surface area contributed by atoms with Gasteiger partial charge in [0.1, 0.15) is 0 Å². The van der Waals surface area contributed by atoms with Crippen LogP contribution in [0.4, 0.5) is 11.4 Å². The molecule has 0 atom stereocenters. The first-order valence-electron chi connectivity index (χ1n) is 9.41. The van der Waals surface area contributed by atoms with Crippen LogP contribution in [-0.2, 0) is 20.6 Å². The van der Waals surface area contributed by atoms with Crippen LogP contribution in [0.25, 0.3) is 0 Å². The number of carbonyl (C=O) groups excluding carboxylic acids is 1. The lowest BCUT2D eigenvalue weighted by Gasteiger charge is -2.19. The fraction of sp³-hybridized carbons (Fsp3) is 0.130. The highest BCUT2D eigenvalue weighted by atomic mass is 32.2. The molecule has 0 aliphatic carbocycles. The number of hydrogen-bond acceptors (Lipinski definition) is 5. The van der Waals surface area contributed by atoms with Crippen LogP contribution in [0.5, 0.6) is 0 Å². The van der Waals surface area contributed by atoms with E-state index in [1.165, 1.54) is 35.2 Å². The second-order valence-electron chi connectivity index (χ2n) is 6.69. The Bertz CT molecular complexity index is 1190. The van der Waals surface area contributed by atoms with E-state index in [-0.39, 0.29) is 16.6 Å². The summed E-state index contributed by atoms with van der Waals surface area (Å²) in [5.41, 5.74) is 2.59. The van der Waals surface area contributed by atoms with Crippen molar-refractivity contribution in [2.45, 2.75) is 10.6 Å². The van der Waals surface area contributed by atoms with Crippen LogP contribution in [0.2, 0.25) is 0 Å². The van der Waals surface area contributed by atoms with Crippen molar-refractivity contribution in [3.05, 3.63) is 90.0 Å². The van der Waals surface area contributed by atoms with Gasteiger partial charge in [-0.25, -0.2) is 8.42 Å².